The fourth-order valence-corrected chi connectivity index (χ4v) is 5.74. The quantitative estimate of drug-likeness (QED) is 0.614. The summed E-state index contributed by atoms with van der Waals surface area (Å²) in [4.78, 5) is 18.6. The van der Waals surface area contributed by atoms with Gasteiger partial charge in [0, 0.05) is 29.1 Å². The van der Waals surface area contributed by atoms with E-state index >= 15 is 0 Å². The number of aromatic amines is 1. The van der Waals surface area contributed by atoms with Crippen molar-refractivity contribution in [1.29, 1.82) is 0 Å². The van der Waals surface area contributed by atoms with Gasteiger partial charge in [-0.25, -0.2) is 4.68 Å². The molecular formula is C25H34N6O. The number of rotatable bonds is 6. The van der Waals surface area contributed by atoms with Crippen LogP contribution in [0.4, 0.5) is 0 Å². The maximum absolute atomic E-state index is 13.0. The number of tetrazole rings is 1. The standard InChI is InChI=1S/C25H34N6O/c1-17-12-18(2)22-14-19(25(32)26-23(22)13-17)15-30(20-8-4-3-5-9-20)16-24-27-28-29-31(24)21-10-6-7-11-21/h12-14,20-21H,3-11,15-16H2,1-2H3,(H,26,32). The van der Waals surface area contributed by atoms with Gasteiger partial charge in [0.25, 0.3) is 5.56 Å². The summed E-state index contributed by atoms with van der Waals surface area (Å²) in [5, 5.41) is 13.9. The van der Waals surface area contributed by atoms with Gasteiger partial charge in [0.1, 0.15) is 0 Å². The van der Waals surface area contributed by atoms with Gasteiger partial charge in [0.15, 0.2) is 5.82 Å². The number of hydrogen-bond acceptors (Lipinski definition) is 5. The van der Waals surface area contributed by atoms with E-state index in [-0.39, 0.29) is 5.56 Å². The van der Waals surface area contributed by atoms with Gasteiger partial charge < -0.3 is 4.98 Å². The zero-order valence-corrected chi connectivity index (χ0v) is 19.3. The van der Waals surface area contributed by atoms with E-state index in [1.807, 2.05) is 0 Å². The van der Waals surface area contributed by atoms with Crippen LogP contribution in [0.15, 0.2) is 23.0 Å². The van der Waals surface area contributed by atoms with Crippen LogP contribution >= 0.6 is 0 Å². The zero-order valence-electron chi connectivity index (χ0n) is 19.3. The van der Waals surface area contributed by atoms with Crippen molar-refractivity contribution in [3.63, 3.8) is 0 Å². The third-order valence-electron chi connectivity index (χ3n) is 7.43. The van der Waals surface area contributed by atoms with Crippen LogP contribution in [0.25, 0.3) is 10.9 Å². The minimum atomic E-state index is 0.0127. The van der Waals surface area contributed by atoms with Crippen LogP contribution in [0.3, 0.4) is 0 Å². The Hall–Kier alpha value is -2.54. The first kappa shape index (κ1) is 21.3. The van der Waals surface area contributed by atoms with Crippen LogP contribution in [-0.2, 0) is 13.1 Å². The lowest BCUT2D eigenvalue weighted by Gasteiger charge is -2.34. The van der Waals surface area contributed by atoms with Crippen molar-refractivity contribution in [3.8, 4) is 0 Å². The van der Waals surface area contributed by atoms with Crippen molar-refractivity contribution in [2.75, 3.05) is 0 Å². The van der Waals surface area contributed by atoms with Crippen LogP contribution in [0.2, 0.25) is 0 Å². The highest BCUT2D eigenvalue weighted by Gasteiger charge is 2.27. The second-order valence-corrected chi connectivity index (χ2v) is 9.84. The van der Waals surface area contributed by atoms with Crippen molar-refractivity contribution >= 4 is 10.9 Å². The highest BCUT2D eigenvalue weighted by Crippen LogP contribution is 2.31. The number of H-pyrrole nitrogens is 1. The van der Waals surface area contributed by atoms with Gasteiger partial charge in [-0.2, -0.15) is 0 Å². The smallest absolute Gasteiger partial charge is 0.252 e. The SMILES string of the molecule is Cc1cc(C)c2cc(CN(Cc3nnnn3C3CCCC3)C3CCCCC3)c(=O)[nH]c2c1. The normalized spacial score (nSPS) is 18.2. The lowest BCUT2D eigenvalue weighted by molar-refractivity contribution is 0.132. The average Bonchev–Trinajstić information content (AvgIpc) is 3.46. The summed E-state index contributed by atoms with van der Waals surface area (Å²) in [6, 6.07) is 7.22. The second-order valence-electron chi connectivity index (χ2n) is 9.84. The molecule has 0 bridgehead atoms. The van der Waals surface area contributed by atoms with E-state index in [9.17, 15) is 4.79 Å². The highest BCUT2D eigenvalue weighted by molar-refractivity contribution is 5.83. The first-order chi connectivity index (χ1) is 15.6. The molecule has 0 unspecified atom stereocenters. The highest BCUT2D eigenvalue weighted by atomic mass is 16.1. The predicted octanol–water partition coefficient (Wildman–Crippen LogP) is 4.58. The van der Waals surface area contributed by atoms with E-state index in [4.69, 9.17) is 0 Å². The van der Waals surface area contributed by atoms with Crippen molar-refractivity contribution < 1.29 is 0 Å². The number of pyridine rings is 1. The topological polar surface area (TPSA) is 79.7 Å². The summed E-state index contributed by atoms with van der Waals surface area (Å²) >= 11 is 0. The minimum absolute atomic E-state index is 0.0127. The van der Waals surface area contributed by atoms with Crippen LogP contribution < -0.4 is 5.56 Å². The molecule has 5 rings (SSSR count). The van der Waals surface area contributed by atoms with Crippen LogP contribution in [-0.4, -0.2) is 36.1 Å². The van der Waals surface area contributed by atoms with Crippen LogP contribution in [0.1, 0.15) is 86.3 Å². The second kappa shape index (κ2) is 9.14. The largest absolute Gasteiger partial charge is 0.322 e. The summed E-state index contributed by atoms with van der Waals surface area (Å²) in [6.07, 6.45) is 11.0. The van der Waals surface area contributed by atoms with Crippen molar-refractivity contribution in [3.05, 3.63) is 51.1 Å². The lowest BCUT2D eigenvalue weighted by atomic mass is 9.93. The summed E-state index contributed by atoms with van der Waals surface area (Å²) < 4.78 is 2.06. The molecule has 2 aliphatic rings. The molecule has 32 heavy (non-hydrogen) atoms. The third-order valence-corrected chi connectivity index (χ3v) is 7.43. The average molecular weight is 435 g/mol. The molecule has 2 heterocycles. The van der Waals surface area contributed by atoms with Gasteiger partial charge in [-0.05, 0) is 73.2 Å². The summed E-state index contributed by atoms with van der Waals surface area (Å²) in [7, 11) is 0. The monoisotopic (exact) mass is 434 g/mol. The molecule has 0 atom stereocenters. The van der Waals surface area contributed by atoms with E-state index in [2.05, 4.69) is 62.1 Å². The van der Waals surface area contributed by atoms with Gasteiger partial charge in [-0.3, -0.25) is 9.69 Å². The van der Waals surface area contributed by atoms with Gasteiger partial charge in [-0.1, -0.05) is 38.2 Å². The van der Waals surface area contributed by atoms with Crippen LogP contribution in [0.5, 0.6) is 0 Å². The Balaban J connectivity index is 1.46. The Morgan fingerprint density at radius 1 is 1.00 bits per heavy atom. The maximum Gasteiger partial charge on any atom is 0.252 e. The predicted molar refractivity (Wildman–Crippen MR) is 125 cm³/mol. The molecular weight excluding hydrogens is 400 g/mol. The fourth-order valence-electron chi connectivity index (χ4n) is 5.74. The van der Waals surface area contributed by atoms with Gasteiger partial charge in [0.2, 0.25) is 0 Å². The first-order valence-electron chi connectivity index (χ1n) is 12.2. The number of benzene rings is 1. The van der Waals surface area contributed by atoms with E-state index in [0.29, 0.717) is 25.2 Å². The first-order valence-corrected chi connectivity index (χ1v) is 12.2. The van der Waals surface area contributed by atoms with Gasteiger partial charge >= 0.3 is 0 Å². The molecule has 7 nitrogen and oxygen atoms in total. The molecule has 0 radical (unpaired) electrons. The van der Waals surface area contributed by atoms with Crippen molar-refractivity contribution in [2.45, 2.75) is 96.8 Å². The van der Waals surface area contributed by atoms with E-state index in [0.717, 1.165) is 35.1 Å². The number of nitrogens with zero attached hydrogens (tertiary/aromatic N) is 5. The summed E-state index contributed by atoms with van der Waals surface area (Å²) in [6.45, 7) is 5.50. The molecule has 7 heteroatoms. The molecule has 2 aliphatic carbocycles. The lowest BCUT2D eigenvalue weighted by Crippen LogP contribution is -2.38. The molecule has 1 N–H and O–H groups in total. The molecule has 0 amide bonds. The fraction of sp³-hybridized carbons (Fsp3) is 0.600. The molecule has 0 saturated heterocycles. The van der Waals surface area contributed by atoms with Crippen LogP contribution in [0, 0.1) is 13.8 Å². The molecule has 170 valence electrons. The maximum atomic E-state index is 13.0. The molecule has 2 aromatic heterocycles. The van der Waals surface area contributed by atoms with Crippen molar-refractivity contribution in [1.82, 2.24) is 30.1 Å². The van der Waals surface area contributed by atoms with Gasteiger partial charge in [0.05, 0.1) is 12.6 Å². The van der Waals surface area contributed by atoms with E-state index in [1.54, 1.807) is 0 Å². The number of fused-ring (bicyclic) bond motifs is 1. The Morgan fingerprint density at radius 2 is 1.75 bits per heavy atom. The minimum Gasteiger partial charge on any atom is -0.322 e. The van der Waals surface area contributed by atoms with E-state index in [1.165, 1.54) is 56.1 Å². The Morgan fingerprint density at radius 3 is 2.53 bits per heavy atom. The Kier molecular flexibility index (Phi) is 6.09. The molecule has 3 aromatic rings. The number of hydrogen-bond donors (Lipinski definition) is 1. The third kappa shape index (κ3) is 4.35. The zero-order chi connectivity index (χ0) is 22.1. The molecule has 0 aliphatic heterocycles. The molecule has 1 aromatic carbocycles. The number of aryl methyl sites for hydroxylation is 2. The summed E-state index contributed by atoms with van der Waals surface area (Å²) in [5.74, 6) is 0.937. The Bertz CT molecular complexity index is 1140. The number of aromatic nitrogens is 5. The van der Waals surface area contributed by atoms with E-state index < -0.39 is 0 Å². The molecule has 0 spiro atoms. The summed E-state index contributed by atoms with van der Waals surface area (Å²) in [5.41, 5.74) is 4.13. The van der Waals surface area contributed by atoms with Crippen molar-refractivity contribution in [2.24, 2.45) is 0 Å². The molecule has 2 saturated carbocycles. The molecule has 2 fully saturated rings. The number of nitrogens with one attached hydrogen (secondary N) is 1. The van der Waals surface area contributed by atoms with Gasteiger partial charge in [-0.15, -0.1) is 5.10 Å². The Labute approximate surface area is 189 Å².